The van der Waals surface area contributed by atoms with Crippen molar-refractivity contribution in [2.45, 2.75) is 43.9 Å². The average molecular weight is 484 g/mol. The van der Waals surface area contributed by atoms with Crippen molar-refractivity contribution in [3.8, 4) is 11.1 Å². The first kappa shape index (κ1) is 22.1. The van der Waals surface area contributed by atoms with Crippen LogP contribution in [-0.2, 0) is 4.74 Å². The van der Waals surface area contributed by atoms with Crippen LogP contribution >= 0.6 is 11.6 Å². The Morgan fingerprint density at radius 1 is 1.14 bits per heavy atom. The summed E-state index contributed by atoms with van der Waals surface area (Å²) in [6.07, 6.45) is 3.33. The number of carbonyl (C=O) groups is 1. The molecule has 29 heavy (non-hydrogen) atoms. The van der Waals surface area contributed by atoms with E-state index in [9.17, 15) is 9.18 Å². The van der Waals surface area contributed by atoms with Gasteiger partial charge in [-0.3, -0.25) is 5.32 Å². The lowest BCUT2D eigenvalue weighted by atomic mass is 9.98. The summed E-state index contributed by atoms with van der Waals surface area (Å²) < 4.78 is 21.2. The Bertz CT molecular complexity index is 892. The number of para-hydroxylation sites is 1. The Morgan fingerprint density at radius 2 is 1.79 bits per heavy atom. The summed E-state index contributed by atoms with van der Waals surface area (Å²) in [7, 11) is 4.52. The molecule has 2 bridgehead atoms. The first-order valence-corrected chi connectivity index (χ1v) is 10.1. The van der Waals surface area contributed by atoms with Gasteiger partial charge in [0.1, 0.15) is 11.9 Å². The molecule has 1 N–H and O–H groups in total. The van der Waals surface area contributed by atoms with E-state index in [0.717, 1.165) is 22.9 Å². The summed E-state index contributed by atoms with van der Waals surface area (Å²) in [5.41, 5.74) is 1.42. The number of halogens is 3. The van der Waals surface area contributed by atoms with Crippen LogP contribution in [0.5, 0.6) is 0 Å². The monoisotopic (exact) mass is 482 g/mol. The van der Waals surface area contributed by atoms with Gasteiger partial charge in [0.15, 0.2) is 0 Å². The van der Waals surface area contributed by atoms with Crippen molar-refractivity contribution < 1.29 is 35.4 Å². The molecule has 7 heteroatoms. The van der Waals surface area contributed by atoms with Crippen LogP contribution in [0.3, 0.4) is 0 Å². The second kappa shape index (κ2) is 8.62. The normalized spacial score (nSPS) is 24.5. The number of hydrogen-bond acceptors (Lipinski definition) is 2. The molecule has 2 aromatic rings. The van der Waals surface area contributed by atoms with Crippen molar-refractivity contribution in [2.24, 2.45) is 0 Å². The van der Waals surface area contributed by atoms with Crippen LogP contribution in [0.15, 0.2) is 42.5 Å². The molecule has 2 aromatic carbocycles. The number of quaternary nitrogens is 1. The quantitative estimate of drug-likeness (QED) is 0.681. The summed E-state index contributed by atoms with van der Waals surface area (Å²) in [6, 6.07) is 12.9. The fourth-order valence-corrected chi connectivity index (χ4v) is 4.95. The van der Waals surface area contributed by atoms with E-state index in [0.29, 0.717) is 22.7 Å². The van der Waals surface area contributed by atoms with Gasteiger partial charge in [-0.15, -0.1) is 0 Å². The number of amides is 1. The van der Waals surface area contributed by atoms with E-state index in [-0.39, 0.29) is 28.8 Å². The van der Waals surface area contributed by atoms with Gasteiger partial charge in [0.05, 0.1) is 31.9 Å². The smallest absolute Gasteiger partial charge is 0.412 e. The van der Waals surface area contributed by atoms with Crippen LogP contribution in [0.1, 0.15) is 25.7 Å². The van der Waals surface area contributed by atoms with Crippen molar-refractivity contribution in [2.75, 3.05) is 19.4 Å². The molecule has 0 aromatic heterocycles. The molecule has 2 atom stereocenters. The highest BCUT2D eigenvalue weighted by Crippen LogP contribution is 2.40. The van der Waals surface area contributed by atoms with Crippen LogP contribution in [0, 0.1) is 5.82 Å². The summed E-state index contributed by atoms with van der Waals surface area (Å²) >= 11 is 6.07. The molecule has 2 aliphatic heterocycles. The number of nitrogens with zero attached hydrogens (tertiary/aromatic N) is 1. The highest BCUT2D eigenvalue weighted by Gasteiger charge is 2.49. The molecule has 4 nitrogen and oxygen atoms in total. The van der Waals surface area contributed by atoms with Crippen LogP contribution in [0.2, 0.25) is 5.02 Å². The topological polar surface area (TPSA) is 38.3 Å². The van der Waals surface area contributed by atoms with E-state index >= 15 is 0 Å². The van der Waals surface area contributed by atoms with E-state index in [1.165, 1.54) is 18.9 Å². The molecule has 0 aliphatic carbocycles. The second-order valence-electron chi connectivity index (χ2n) is 8.31. The molecule has 0 radical (unpaired) electrons. The fourth-order valence-electron chi connectivity index (χ4n) is 4.76. The van der Waals surface area contributed by atoms with Crippen molar-refractivity contribution in [3.63, 3.8) is 0 Å². The van der Waals surface area contributed by atoms with Crippen molar-refractivity contribution in [3.05, 3.63) is 53.3 Å². The largest absolute Gasteiger partial charge is 1.00 e. The predicted octanol–water partition coefficient (Wildman–Crippen LogP) is 2.47. The molecule has 2 aliphatic rings. The Kier molecular flexibility index (Phi) is 6.56. The van der Waals surface area contributed by atoms with Crippen LogP contribution in [0.25, 0.3) is 11.1 Å². The maximum absolute atomic E-state index is 14.5. The van der Waals surface area contributed by atoms with E-state index < -0.39 is 11.9 Å². The second-order valence-corrected chi connectivity index (χ2v) is 8.75. The van der Waals surface area contributed by atoms with E-state index in [2.05, 4.69) is 19.4 Å². The first-order valence-electron chi connectivity index (χ1n) is 9.70. The molecule has 2 fully saturated rings. The minimum atomic E-state index is -0.606. The van der Waals surface area contributed by atoms with Gasteiger partial charge in [0.2, 0.25) is 0 Å². The highest BCUT2D eigenvalue weighted by molar-refractivity contribution is 6.30. The van der Waals surface area contributed by atoms with E-state index in [1.54, 1.807) is 30.3 Å². The number of carbonyl (C=O) groups excluding carboxylic acids is 1. The van der Waals surface area contributed by atoms with Gasteiger partial charge in [0, 0.05) is 36.3 Å². The minimum absolute atomic E-state index is 0. The molecule has 0 saturated carbocycles. The van der Waals surface area contributed by atoms with Crippen molar-refractivity contribution >= 4 is 23.4 Å². The number of benzene rings is 2. The fraction of sp³-hybridized carbons (Fsp3) is 0.409. The summed E-state index contributed by atoms with van der Waals surface area (Å²) in [5, 5.41) is 3.18. The standard InChI is InChI=1S/C22H24ClFN2O2.BrH/c1-26(2)16-9-10-17(26)13-18(12-16)28-22(27)25-21-19(7-4-8-20(21)24)14-5-3-6-15(23)11-14;/h3-8,11,16-18H,9-10,12-13H2,1-2H3;1H. The maximum atomic E-state index is 14.5. The van der Waals surface area contributed by atoms with Gasteiger partial charge in [-0.25, -0.2) is 9.18 Å². The lowest BCUT2D eigenvalue weighted by Gasteiger charge is -2.43. The Morgan fingerprint density at radius 3 is 2.45 bits per heavy atom. The maximum Gasteiger partial charge on any atom is 0.412 e. The lowest BCUT2D eigenvalue weighted by Crippen LogP contribution is -3.00. The molecule has 4 rings (SSSR count). The zero-order chi connectivity index (χ0) is 19.9. The number of fused-ring (bicyclic) bond motifs is 2. The lowest BCUT2D eigenvalue weighted by molar-refractivity contribution is -0.931. The summed E-state index contributed by atoms with van der Waals surface area (Å²) in [6.45, 7) is 0. The molecule has 2 unspecified atom stereocenters. The minimum Gasteiger partial charge on any atom is -1.00 e. The number of rotatable bonds is 3. The van der Waals surface area contributed by atoms with E-state index in [4.69, 9.17) is 16.3 Å². The van der Waals surface area contributed by atoms with Crippen molar-refractivity contribution in [1.29, 1.82) is 0 Å². The third kappa shape index (κ3) is 4.44. The SMILES string of the molecule is C[N+]1(C)C2CCC1CC(OC(=O)Nc1c(F)cccc1-c1cccc(Cl)c1)C2.[Br-]. The summed E-state index contributed by atoms with van der Waals surface area (Å²) in [5.74, 6) is -0.504. The third-order valence-electron chi connectivity index (χ3n) is 6.44. The van der Waals surface area contributed by atoms with Crippen LogP contribution in [-0.4, -0.2) is 42.9 Å². The Hall–Kier alpha value is -1.63. The number of anilines is 1. The van der Waals surface area contributed by atoms with Gasteiger partial charge >= 0.3 is 6.09 Å². The Balaban J connectivity index is 0.00000240. The number of nitrogens with one attached hydrogen (secondary N) is 1. The Labute approximate surface area is 186 Å². The zero-order valence-electron chi connectivity index (χ0n) is 16.5. The molecular weight excluding hydrogens is 459 g/mol. The predicted molar refractivity (Wildman–Crippen MR) is 109 cm³/mol. The molecule has 2 saturated heterocycles. The van der Waals surface area contributed by atoms with Gasteiger partial charge in [-0.1, -0.05) is 35.9 Å². The summed E-state index contributed by atoms with van der Waals surface area (Å²) in [4.78, 5) is 12.5. The number of piperidine rings is 1. The zero-order valence-corrected chi connectivity index (χ0v) is 18.8. The van der Waals surface area contributed by atoms with Crippen molar-refractivity contribution in [1.82, 2.24) is 0 Å². The van der Waals surface area contributed by atoms with Gasteiger partial charge in [0.25, 0.3) is 0 Å². The van der Waals surface area contributed by atoms with Crippen LogP contribution < -0.4 is 22.3 Å². The molecule has 156 valence electrons. The van der Waals surface area contributed by atoms with Gasteiger partial charge in [-0.05, 0) is 23.8 Å². The molecule has 0 spiro atoms. The first-order chi connectivity index (χ1) is 13.3. The van der Waals surface area contributed by atoms with Gasteiger partial charge < -0.3 is 26.2 Å². The van der Waals surface area contributed by atoms with Gasteiger partial charge in [-0.2, -0.15) is 0 Å². The number of ether oxygens (including phenoxy) is 1. The third-order valence-corrected chi connectivity index (χ3v) is 6.67. The van der Waals surface area contributed by atoms with Crippen LogP contribution in [0.4, 0.5) is 14.9 Å². The molecular formula is C22H25BrClFN2O2. The average Bonchev–Trinajstić information content (AvgIpc) is 2.81. The molecule has 2 heterocycles. The molecule has 1 amide bonds. The highest BCUT2D eigenvalue weighted by atomic mass is 79.9. The number of hydrogen-bond donors (Lipinski definition) is 1. The van der Waals surface area contributed by atoms with E-state index in [1.807, 2.05) is 6.07 Å².